The number of hydrogen-bond acceptors (Lipinski definition) is 2. The maximum absolute atomic E-state index is 14.0. The summed E-state index contributed by atoms with van der Waals surface area (Å²) < 4.78 is 0. The Kier molecular flexibility index (Phi) is 4.87. The summed E-state index contributed by atoms with van der Waals surface area (Å²) in [7, 11) is 0. The number of carbonyl (C=O) groups is 2. The monoisotopic (exact) mass is 466 g/mol. The van der Waals surface area contributed by atoms with E-state index in [1.165, 1.54) is 57.8 Å². The molecule has 188 valence electrons. The van der Waals surface area contributed by atoms with E-state index in [0.29, 0.717) is 42.2 Å². The molecule has 7 aliphatic carbocycles. The van der Waals surface area contributed by atoms with Crippen molar-refractivity contribution in [2.75, 3.05) is 0 Å². The highest BCUT2D eigenvalue weighted by Gasteiger charge is 2.63. The second kappa shape index (κ2) is 7.48. The molecule has 8 aliphatic rings. The molecule has 4 bridgehead atoms. The van der Waals surface area contributed by atoms with Crippen molar-refractivity contribution in [3.05, 3.63) is 0 Å². The highest BCUT2D eigenvalue weighted by Crippen LogP contribution is 2.67. The van der Waals surface area contributed by atoms with Crippen molar-refractivity contribution >= 4 is 11.8 Å². The summed E-state index contributed by atoms with van der Waals surface area (Å²) in [4.78, 5) is 26.2. The van der Waals surface area contributed by atoms with Gasteiger partial charge in [0.15, 0.2) is 0 Å². The number of nitrogens with one attached hydrogen (secondary N) is 2. The van der Waals surface area contributed by atoms with E-state index in [1.807, 2.05) is 0 Å². The smallest absolute Gasteiger partial charge is 0.224 e. The number of amides is 2. The lowest BCUT2D eigenvalue weighted by Gasteiger charge is -2.60. The molecule has 1 heterocycles. The van der Waals surface area contributed by atoms with Gasteiger partial charge < -0.3 is 10.6 Å². The zero-order valence-corrected chi connectivity index (χ0v) is 21.7. The SMILES string of the molecule is CC1C[C@H]2[C@@H]3CC[C@H]4NC(=O)CC[C@]4(C)[C@H]3CC[C@]2(C)[C@H]1C(=O)NC1C2CC3CC(C2)CC1C3. The van der Waals surface area contributed by atoms with E-state index in [4.69, 9.17) is 0 Å². The topological polar surface area (TPSA) is 58.2 Å². The quantitative estimate of drug-likeness (QED) is 0.579. The van der Waals surface area contributed by atoms with Gasteiger partial charge in [0, 0.05) is 24.4 Å². The second-order valence-corrected chi connectivity index (χ2v) is 14.8. The average Bonchev–Trinajstić information content (AvgIpc) is 3.06. The summed E-state index contributed by atoms with van der Waals surface area (Å²) in [5, 5.41) is 7.10. The first-order valence-electron chi connectivity index (χ1n) is 14.9. The molecule has 2 amide bonds. The minimum absolute atomic E-state index is 0.150. The number of rotatable bonds is 2. The molecule has 0 aromatic heterocycles. The molecule has 7 saturated carbocycles. The van der Waals surface area contributed by atoms with Crippen LogP contribution >= 0.6 is 0 Å². The van der Waals surface area contributed by atoms with E-state index in [1.54, 1.807) is 0 Å². The maximum Gasteiger partial charge on any atom is 0.224 e. The van der Waals surface area contributed by atoms with Crippen LogP contribution in [0.1, 0.15) is 97.8 Å². The van der Waals surface area contributed by atoms with E-state index in [-0.39, 0.29) is 22.7 Å². The predicted octanol–water partition coefficient (Wildman–Crippen LogP) is 5.31. The van der Waals surface area contributed by atoms with Gasteiger partial charge in [0.05, 0.1) is 0 Å². The highest BCUT2D eigenvalue weighted by molar-refractivity contribution is 5.81. The molecule has 0 radical (unpaired) electrons. The molecule has 1 aliphatic heterocycles. The molecule has 2 N–H and O–H groups in total. The summed E-state index contributed by atoms with van der Waals surface area (Å²) in [5.41, 5.74) is 0.403. The summed E-state index contributed by atoms with van der Waals surface area (Å²) >= 11 is 0. The van der Waals surface area contributed by atoms with Crippen molar-refractivity contribution in [1.82, 2.24) is 10.6 Å². The van der Waals surface area contributed by atoms with Crippen molar-refractivity contribution in [2.24, 2.45) is 64.1 Å². The summed E-state index contributed by atoms with van der Waals surface area (Å²) in [5.74, 6) is 6.90. The Bertz CT molecular complexity index is 857. The average molecular weight is 467 g/mol. The summed E-state index contributed by atoms with van der Waals surface area (Å²) in [6.45, 7) is 7.36. The number of fused-ring (bicyclic) bond motifs is 5. The molecule has 0 aromatic rings. The fourth-order valence-electron chi connectivity index (χ4n) is 12.0. The third-order valence-corrected chi connectivity index (χ3v) is 13.3. The first kappa shape index (κ1) is 22.2. The van der Waals surface area contributed by atoms with Crippen LogP contribution in [0.3, 0.4) is 0 Å². The number of hydrogen-bond donors (Lipinski definition) is 2. The highest BCUT2D eigenvalue weighted by atomic mass is 16.2. The van der Waals surface area contributed by atoms with Crippen LogP contribution in [-0.2, 0) is 9.59 Å². The Morgan fingerprint density at radius 1 is 0.882 bits per heavy atom. The standard InChI is InChI=1S/C30H46N2O2/c1-16-10-23-21-4-5-24-29(2,9-7-25(33)31-24)22(21)6-8-30(23,3)26(16)28(34)32-27-19-12-17-11-18(14-19)15-20(27)13-17/h16-24,26-27H,4-15H2,1-3H3,(H,31,33)(H,32,34)/t16?,17?,18?,19?,20?,21-,22+,23+,24-,26-,27?,29-,30+/m1/s1. The van der Waals surface area contributed by atoms with Gasteiger partial charge in [-0.2, -0.15) is 0 Å². The van der Waals surface area contributed by atoms with Gasteiger partial charge in [-0.05, 0) is 129 Å². The molecule has 4 heteroatoms. The van der Waals surface area contributed by atoms with Gasteiger partial charge >= 0.3 is 0 Å². The largest absolute Gasteiger partial charge is 0.353 e. The Labute approximate surface area is 206 Å². The lowest BCUT2D eigenvalue weighted by molar-refractivity contribution is -0.144. The Hall–Kier alpha value is -1.06. The van der Waals surface area contributed by atoms with E-state index >= 15 is 0 Å². The molecule has 34 heavy (non-hydrogen) atoms. The van der Waals surface area contributed by atoms with Crippen molar-refractivity contribution in [1.29, 1.82) is 0 Å². The van der Waals surface area contributed by atoms with E-state index in [2.05, 4.69) is 31.4 Å². The fraction of sp³-hybridized carbons (Fsp3) is 0.933. The number of carbonyl (C=O) groups excluding carboxylic acids is 2. The van der Waals surface area contributed by atoms with Crippen molar-refractivity contribution in [3.8, 4) is 0 Å². The first-order chi connectivity index (χ1) is 16.3. The molecule has 4 nitrogen and oxygen atoms in total. The molecule has 0 aromatic carbocycles. The predicted molar refractivity (Wildman–Crippen MR) is 133 cm³/mol. The molecule has 1 saturated heterocycles. The molecular weight excluding hydrogens is 420 g/mol. The van der Waals surface area contributed by atoms with Crippen molar-refractivity contribution in [2.45, 2.75) is 110 Å². The summed E-state index contributed by atoms with van der Waals surface area (Å²) in [6, 6.07) is 0.834. The Morgan fingerprint density at radius 3 is 2.29 bits per heavy atom. The lowest BCUT2D eigenvalue weighted by Crippen LogP contribution is -2.61. The van der Waals surface area contributed by atoms with Gasteiger partial charge in [0.25, 0.3) is 0 Å². The Morgan fingerprint density at radius 2 is 1.59 bits per heavy atom. The molecule has 8 atom stereocenters. The second-order valence-electron chi connectivity index (χ2n) is 14.8. The molecule has 0 spiro atoms. The zero-order chi connectivity index (χ0) is 23.4. The van der Waals surface area contributed by atoms with Crippen LogP contribution in [-0.4, -0.2) is 23.9 Å². The van der Waals surface area contributed by atoms with Crippen molar-refractivity contribution in [3.63, 3.8) is 0 Å². The third-order valence-electron chi connectivity index (χ3n) is 13.3. The van der Waals surface area contributed by atoms with Crippen LogP contribution < -0.4 is 10.6 Å². The molecular formula is C30H46N2O2. The number of piperidine rings is 1. The van der Waals surface area contributed by atoms with Crippen LogP contribution in [0.4, 0.5) is 0 Å². The van der Waals surface area contributed by atoms with Crippen molar-refractivity contribution < 1.29 is 9.59 Å². The van der Waals surface area contributed by atoms with Gasteiger partial charge in [-0.15, -0.1) is 0 Å². The fourth-order valence-corrected chi connectivity index (χ4v) is 12.0. The van der Waals surface area contributed by atoms with Gasteiger partial charge in [-0.3, -0.25) is 9.59 Å². The summed E-state index contributed by atoms with van der Waals surface area (Å²) in [6.07, 6.45) is 14.8. The Balaban J connectivity index is 1.11. The minimum atomic E-state index is 0.150. The van der Waals surface area contributed by atoms with Gasteiger partial charge in [-0.25, -0.2) is 0 Å². The third kappa shape index (κ3) is 3.01. The zero-order valence-electron chi connectivity index (χ0n) is 21.7. The minimum Gasteiger partial charge on any atom is -0.353 e. The van der Waals surface area contributed by atoms with Gasteiger partial charge in [0.2, 0.25) is 11.8 Å². The van der Waals surface area contributed by atoms with E-state index in [9.17, 15) is 9.59 Å². The van der Waals surface area contributed by atoms with Crippen LogP contribution in [0.15, 0.2) is 0 Å². The normalized spacial score (nSPS) is 57.4. The first-order valence-corrected chi connectivity index (χ1v) is 14.9. The van der Waals surface area contributed by atoms with Gasteiger partial charge in [-0.1, -0.05) is 20.8 Å². The van der Waals surface area contributed by atoms with Crippen LogP contribution in [0, 0.1) is 64.1 Å². The molecule has 8 rings (SSSR count). The van der Waals surface area contributed by atoms with Crippen LogP contribution in [0.5, 0.6) is 0 Å². The van der Waals surface area contributed by atoms with E-state index in [0.717, 1.165) is 42.4 Å². The van der Waals surface area contributed by atoms with Crippen LogP contribution in [0.2, 0.25) is 0 Å². The molecule has 8 fully saturated rings. The van der Waals surface area contributed by atoms with Gasteiger partial charge in [0.1, 0.15) is 0 Å². The maximum atomic E-state index is 14.0. The lowest BCUT2D eigenvalue weighted by atomic mass is 9.47. The van der Waals surface area contributed by atoms with E-state index < -0.39 is 0 Å². The molecule has 1 unspecified atom stereocenters. The van der Waals surface area contributed by atoms with Crippen LogP contribution in [0.25, 0.3) is 0 Å².